The van der Waals surface area contributed by atoms with Crippen molar-refractivity contribution in [2.45, 2.75) is 25.8 Å². The van der Waals surface area contributed by atoms with Crippen LogP contribution in [0.15, 0.2) is 67.1 Å². The highest BCUT2D eigenvalue weighted by molar-refractivity contribution is 6.30. The third-order valence-electron chi connectivity index (χ3n) is 5.93. The first-order valence-electron chi connectivity index (χ1n) is 11.0. The van der Waals surface area contributed by atoms with Crippen molar-refractivity contribution in [3.8, 4) is 0 Å². The maximum atomic E-state index is 13.1. The molecule has 0 atom stereocenters. The summed E-state index contributed by atoms with van der Waals surface area (Å²) < 4.78 is 1.96. The summed E-state index contributed by atoms with van der Waals surface area (Å²) in [4.78, 5) is 31.5. The molecule has 4 rings (SSSR count). The normalized spacial score (nSPS) is 14.3. The van der Waals surface area contributed by atoms with Crippen LogP contribution in [0.2, 0.25) is 5.02 Å². The quantitative estimate of drug-likeness (QED) is 0.595. The van der Waals surface area contributed by atoms with Gasteiger partial charge in [-0.05, 0) is 66.8 Å². The van der Waals surface area contributed by atoms with Gasteiger partial charge in [0.15, 0.2) is 0 Å². The molecule has 3 aromatic rings. The molecule has 1 N–H and O–H groups in total. The highest BCUT2D eigenvalue weighted by Crippen LogP contribution is 2.20. The predicted molar refractivity (Wildman–Crippen MR) is 125 cm³/mol. The second-order valence-corrected chi connectivity index (χ2v) is 8.55. The number of pyridine rings is 1. The van der Waals surface area contributed by atoms with Crippen molar-refractivity contribution in [1.29, 1.82) is 0 Å². The van der Waals surface area contributed by atoms with E-state index in [1.807, 2.05) is 64.2 Å². The Bertz CT molecular complexity index is 1040. The second-order valence-electron chi connectivity index (χ2n) is 8.11. The van der Waals surface area contributed by atoms with Gasteiger partial charge in [0.2, 0.25) is 5.91 Å². The molecule has 0 aliphatic carbocycles. The molecule has 1 fully saturated rings. The van der Waals surface area contributed by atoms with Crippen LogP contribution in [-0.4, -0.2) is 45.9 Å². The molecule has 0 spiro atoms. The van der Waals surface area contributed by atoms with Gasteiger partial charge in [-0.25, -0.2) is 0 Å². The van der Waals surface area contributed by atoms with E-state index >= 15 is 0 Å². The van der Waals surface area contributed by atoms with Gasteiger partial charge in [-0.2, -0.15) is 0 Å². The van der Waals surface area contributed by atoms with Crippen molar-refractivity contribution in [2.75, 3.05) is 19.6 Å². The first-order chi connectivity index (χ1) is 15.6. The van der Waals surface area contributed by atoms with Crippen LogP contribution >= 0.6 is 11.6 Å². The van der Waals surface area contributed by atoms with E-state index in [0.29, 0.717) is 49.7 Å². The fraction of sp³-hybridized carbons (Fsp3) is 0.320. The minimum absolute atomic E-state index is 0.0144. The maximum Gasteiger partial charge on any atom is 0.270 e. The number of nitrogens with zero attached hydrogens (tertiary/aromatic N) is 3. The van der Waals surface area contributed by atoms with E-state index in [2.05, 4.69) is 10.3 Å². The number of rotatable bonds is 7. The second kappa shape index (κ2) is 10.5. The van der Waals surface area contributed by atoms with Crippen molar-refractivity contribution >= 4 is 23.4 Å². The van der Waals surface area contributed by atoms with Gasteiger partial charge in [0.05, 0.1) is 0 Å². The van der Waals surface area contributed by atoms with Gasteiger partial charge in [-0.3, -0.25) is 14.6 Å². The number of aromatic nitrogens is 2. The lowest BCUT2D eigenvalue weighted by atomic mass is 9.95. The Morgan fingerprint density at radius 1 is 1.00 bits per heavy atom. The lowest BCUT2D eigenvalue weighted by Crippen LogP contribution is -2.43. The molecule has 1 aliphatic heterocycles. The molecule has 2 aromatic heterocycles. The van der Waals surface area contributed by atoms with Crippen LogP contribution in [0.25, 0.3) is 0 Å². The average molecular weight is 451 g/mol. The molecule has 0 unspecified atom stereocenters. The molecule has 6 nitrogen and oxygen atoms in total. The minimum Gasteiger partial charge on any atom is -0.356 e. The lowest BCUT2D eigenvalue weighted by molar-refractivity contribution is -0.126. The number of hydrogen-bond donors (Lipinski definition) is 1. The van der Waals surface area contributed by atoms with Gasteiger partial charge in [-0.1, -0.05) is 23.7 Å². The van der Waals surface area contributed by atoms with Crippen molar-refractivity contribution < 1.29 is 9.59 Å². The number of carbonyl (C=O) groups is 2. The Kier molecular flexibility index (Phi) is 7.22. The van der Waals surface area contributed by atoms with E-state index in [0.717, 1.165) is 17.5 Å². The molecule has 1 saturated heterocycles. The van der Waals surface area contributed by atoms with E-state index in [1.54, 1.807) is 12.4 Å². The Morgan fingerprint density at radius 3 is 2.44 bits per heavy atom. The summed E-state index contributed by atoms with van der Waals surface area (Å²) in [6.07, 6.45) is 7.60. The number of halogens is 1. The SMILES string of the molecule is O=C(NCCc1ccncc1)C1CCN(C(=O)c2cccn2Cc2ccc(Cl)cc2)CC1. The van der Waals surface area contributed by atoms with E-state index in [1.165, 1.54) is 0 Å². The standard InChI is InChI=1S/C25H27ClN4O2/c26-22-5-3-20(4-6-22)18-30-15-1-2-23(30)25(32)29-16-10-21(11-17-29)24(31)28-14-9-19-7-12-27-13-8-19/h1-8,12-13,15,21H,9-11,14,16-18H2,(H,28,31). The zero-order valence-corrected chi connectivity index (χ0v) is 18.7. The van der Waals surface area contributed by atoms with Crippen molar-refractivity contribution in [1.82, 2.24) is 19.8 Å². The number of amides is 2. The van der Waals surface area contributed by atoms with Crippen LogP contribution in [-0.2, 0) is 17.8 Å². The van der Waals surface area contributed by atoms with Gasteiger partial charge in [0.1, 0.15) is 5.69 Å². The smallest absolute Gasteiger partial charge is 0.270 e. The molecule has 1 aliphatic rings. The molecule has 1 aromatic carbocycles. The van der Waals surface area contributed by atoms with E-state index < -0.39 is 0 Å². The van der Waals surface area contributed by atoms with Gasteiger partial charge < -0.3 is 14.8 Å². The number of carbonyl (C=O) groups excluding carboxylic acids is 2. The highest BCUT2D eigenvalue weighted by atomic mass is 35.5. The molecule has 0 bridgehead atoms. The summed E-state index contributed by atoms with van der Waals surface area (Å²) >= 11 is 5.97. The summed E-state index contributed by atoms with van der Waals surface area (Å²) in [7, 11) is 0. The number of likely N-dealkylation sites (tertiary alicyclic amines) is 1. The number of piperidine rings is 1. The highest BCUT2D eigenvalue weighted by Gasteiger charge is 2.28. The first-order valence-corrected chi connectivity index (χ1v) is 11.3. The molecular formula is C25H27ClN4O2. The molecule has 166 valence electrons. The topological polar surface area (TPSA) is 67.2 Å². The third kappa shape index (κ3) is 5.56. The van der Waals surface area contributed by atoms with E-state index in [-0.39, 0.29) is 17.7 Å². The van der Waals surface area contributed by atoms with Crippen LogP contribution in [0, 0.1) is 5.92 Å². The monoisotopic (exact) mass is 450 g/mol. The van der Waals surface area contributed by atoms with E-state index in [9.17, 15) is 9.59 Å². The lowest BCUT2D eigenvalue weighted by Gasteiger charge is -2.31. The van der Waals surface area contributed by atoms with Gasteiger partial charge in [-0.15, -0.1) is 0 Å². The van der Waals surface area contributed by atoms with Crippen molar-refractivity contribution in [2.24, 2.45) is 5.92 Å². The van der Waals surface area contributed by atoms with Crippen LogP contribution in [0.5, 0.6) is 0 Å². The average Bonchev–Trinajstić information content (AvgIpc) is 3.29. The van der Waals surface area contributed by atoms with Crippen LogP contribution in [0.4, 0.5) is 0 Å². The molecule has 3 heterocycles. The summed E-state index contributed by atoms with van der Waals surface area (Å²) in [5, 5.41) is 3.73. The Hall–Kier alpha value is -3.12. The zero-order chi connectivity index (χ0) is 22.3. The first kappa shape index (κ1) is 22.1. The third-order valence-corrected chi connectivity index (χ3v) is 6.18. The van der Waals surface area contributed by atoms with Crippen molar-refractivity contribution in [3.63, 3.8) is 0 Å². The number of hydrogen-bond acceptors (Lipinski definition) is 3. The molecule has 32 heavy (non-hydrogen) atoms. The Labute approximate surface area is 193 Å². The Balaban J connectivity index is 1.27. The molecule has 2 amide bonds. The zero-order valence-electron chi connectivity index (χ0n) is 17.9. The van der Waals surface area contributed by atoms with Crippen LogP contribution in [0.3, 0.4) is 0 Å². The summed E-state index contributed by atoms with van der Waals surface area (Å²) in [6.45, 7) is 2.41. The predicted octanol–water partition coefficient (Wildman–Crippen LogP) is 3.80. The van der Waals surface area contributed by atoms with Gasteiger partial charge in [0, 0.05) is 55.7 Å². The maximum absolute atomic E-state index is 13.1. The van der Waals surface area contributed by atoms with Crippen LogP contribution < -0.4 is 5.32 Å². The summed E-state index contributed by atoms with van der Waals surface area (Å²) in [5.41, 5.74) is 2.91. The largest absolute Gasteiger partial charge is 0.356 e. The van der Waals surface area contributed by atoms with Crippen molar-refractivity contribution in [3.05, 3.63) is 89.0 Å². The Morgan fingerprint density at radius 2 is 1.72 bits per heavy atom. The molecular weight excluding hydrogens is 424 g/mol. The molecule has 7 heteroatoms. The van der Waals surface area contributed by atoms with E-state index in [4.69, 9.17) is 11.6 Å². The van der Waals surface area contributed by atoms with Gasteiger partial charge >= 0.3 is 0 Å². The number of nitrogens with one attached hydrogen (secondary N) is 1. The summed E-state index contributed by atoms with van der Waals surface area (Å²) in [5.74, 6) is 0.0510. The molecule has 0 saturated carbocycles. The number of benzene rings is 1. The van der Waals surface area contributed by atoms with Gasteiger partial charge in [0.25, 0.3) is 5.91 Å². The van der Waals surface area contributed by atoms with Crippen LogP contribution in [0.1, 0.15) is 34.5 Å². The fourth-order valence-corrected chi connectivity index (χ4v) is 4.19. The fourth-order valence-electron chi connectivity index (χ4n) is 4.06. The summed E-state index contributed by atoms with van der Waals surface area (Å²) in [6, 6.07) is 15.3. The minimum atomic E-state index is -0.0441. The molecule has 0 radical (unpaired) electrons.